The first-order valence-corrected chi connectivity index (χ1v) is 5.40. The van der Waals surface area contributed by atoms with E-state index in [4.69, 9.17) is 16.0 Å². The zero-order valence-electron chi connectivity index (χ0n) is 9.32. The third kappa shape index (κ3) is 2.44. The third-order valence-electron chi connectivity index (χ3n) is 2.88. The third-order valence-corrected chi connectivity index (χ3v) is 2.88. The predicted molar refractivity (Wildman–Crippen MR) is 61.9 cm³/mol. The minimum atomic E-state index is -0.0568. The van der Waals surface area contributed by atoms with Crippen molar-refractivity contribution < 1.29 is 10.3 Å². The van der Waals surface area contributed by atoms with Gasteiger partial charge in [-0.25, -0.2) is 9.97 Å². The molecule has 7 heteroatoms. The lowest BCUT2D eigenvalue weighted by atomic mass is 10.1. The van der Waals surface area contributed by atoms with Crippen LogP contribution in [0.25, 0.3) is 0 Å². The van der Waals surface area contributed by atoms with E-state index in [-0.39, 0.29) is 12.4 Å². The van der Waals surface area contributed by atoms with Gasteiger partial charge in [-0.2, -0.15) is 0 Å². The second-order valence-electron chi connectivity index (χ2n) is 4.03. The van der Waals surface area contributed by atoms with Crippen LogP contribution < -0.4 is 10.6 Å². The van der Waals surface area contributed by atoms with E-state index in [1.54, 1.807) is 6.20 Å². The second kappa shape index (κ2) is 4.96. The van der Waals surface area contributed by atoms with Crippen LogP contribution in [0.15, 0.2) is 17.5 Å². The summed E-state index contributed by atoms with van der Waals surface area (Å²) < 4.78 is 0. The summed E-state index contributed by atoms with van der Waals surface area (Å²) in [6, 6.07) is 0. The van der Waals surface area contributed by atoms with Crippen molar-refractivity contribution in [3.8, 4) is 0 Å². The van der Waals surface area contributed by atoms with Gasteiger partial charge in [0.05, 0.1) is 12.4 Å². The number of hydrogen-bond acceptors (Lipinski definition) is 6. The smallest absolute Gasteiger partial charge is 0.190 e. The van der Waals surface area contributed by atoms with Gasteiger partial charge in [0.15, 0.2) is 5.84 Å². The largest absolute Gasteiger partial charge is 0.409 e. The van der Waals surface area contributed by atoms with Crippen LogP contribution in [0.3, 0.4) is 0 Å². The van der Waals surface area contributed by atoms with Crippen LogP contribution in [0.2, 0.25) is 0 Å². The van der Waals surface area contributed by atoms with Crippen molar-refractivity contribution in [1.82, 2.24) is 9.97 Å². The van der Waals surface area contributed by atoms with E-state index in [1.165, 1.54) is 6.20 Å². The summed E-state index contributed by atoms with van der Waals surface area (Å²) in [5.41, 5.74) is 5.73. The molecule has 1 fully saturated rings. The number of hydrogen-bond donors (Lipinski definition) is 3. The van der Waals surface area contributed by atoms with E-state index in [0.717, 1.165) is 25.3 Å². The minimum Gasteiger partial charge on any atom is -0.409 e. The molecule has 0 saturated carbocycles. The fraction of sp³-hybridized carbons (Fsp3) is 0.500. The quantitative estimate of drug-likeness (QED) is 0.280. The molecule has 0 amide bonds. The van der Waals surface area contributed by atoms with Crippen LogP contribution in [-0.4, -0.2) is 45.8 Å². The Balaban J connectivity index is 2.08. The summed E-state index contributed by atoms with van der Waals surface area (Å²) in [7, 11) is 0. The topological polar surface area (TPSA) is 108 Å². The lowest BCUT2D eigenvalue weighted by Crippen LogP contribution is -2.23. The lowest BCUT2D eigenvalue weighted by molar-refractivity contribution is 0.238. The molecule has 0 bridgehead atoms. The van der Waals surface area contributed by atoms with Gasteiger partial charge >= 0.3 is 0 Å². The standard InChI is InChI=1S/C10H15N5O2/c11-10(14-17)8-3-13-9(4-12-8)15-2-1-7(5-15)6-16/h3-4,7,16-17H,1-2,5-6H2,(H2,11,14). The van der Waals surface area contributed by atoms with Crippen LogP contribution in [0.4, 0.5) is 5.82 Å². The van der Waals surface area contributed by atoms with Crippen LogP contribution in [0.1, 0.15) is 12.1 Å². The zero-order valence-corrected chi connectivity index (χ0v) is 9.32. The number of rotatable bonds is 3. The molecule has 2 heterocycles. The van der Waals surface area contributed by atoms with Crippen molar-refractivity contribution >= 4 is 11.7 Å². The Kier molecular flexibility index (Phi) is 3.38. The van der Waals surface area contributed by atoms with Crippen LogP contribution >= 0.6 is 0 Å². The number of aliphatic hydroxyl groups is 1. The van der Waals surface area contributed by atoms with Gasteiger partial charge in [-0.3, -0.25) is 0 Å². The van der Waals surface area contributed by atoms with Crippen molar-refractivity contribution in [1.29, 1.82) is 0 Å². The SMILES string of the molecule is NC(=NO)c1cnc(N2CCC(CO)C2)cn1. The molecule has 1 saturated heterocycles. The average Bonchev–Trinajstić information content (AvgIpc) is 2.87. The fourth-order valence-corrected chi connectivity index (χ4v) is 1.86. The molecule has 1 aromatic rings. The Hall–Kier alpha value is -1.89. The van der Waals surface area contributed by atoms with Gasteiger partial charge in [-0.15, -0.1) is 0 Å². The van der Waals surface area contributed by atoms with Crippen molar-refractivity contribution in [3.63, 3.8) is 0 Å². The molecule has 0 aromatic carbocycles. The van der Waals surface area contributed by atoms with Crippen molar-refractivity contribution in [3.05, 3.63) is 18.1 Å². The Morgan fingerprint density at radius 3 is 2.88 bits per heavy atom. The molecular formula is C10H15N5O2. The number of oxime groups is 1. The number of amidine groups is 1. The minimum absolute atomic E-state index is 0.0568. The van der Waals surface area contributed by atoms with Gasteiger partial charge in [-0.1, -0.05) is 5.16 Å². The highest BCUT2D eigenvalue weighted by atomic mass is 16.4. The summed E-state index contributed by atoms with van der Waals surface area (Å²) in [4.78, 5) is 10.3. The molecule has 0 radical (unpaired) electrons. The molecule has 4 N–H and O–H groups in total. The molecule has 7 nitrogen and oxygen atoms in total. The molecular weight excluding hydrogens is 222 g/mol. The van der Waals surface area contributed by atoms with E-state index in [9.17, 15) is 0 Å². The lowest BCUT2D eigenvalue weighted by Gasteiger charge is -2.16. The van der Waals surface area contributed by atoms with E-state index in [0.29, 0.717) is 11.6 Å². The zero-order chi connectivity index (χ0) is 12.3. The van der Waals surface area contributed by atoms with E-state index in [2.05, 4.69) is 20.0 Å². The van der Waals surface area contributed by atoms with Gasteiger partial charge < -0.3 is 20.9 Å². The van der Waals surface area contributed by atoms with Gasteiger partial charge in [-0.05, 0) is 6.42 Å². The molecule has 0 aliphatic carbocycles. The Bertz CT molecular complexity index is 406. The highest BCUT2D eigenvalue weighted by Crippen LogP contribution is 2.20. The highest BCUT2D eigenvalue weighted by molar-refractivity contribution is 5.94. The van der Waals surface area contributed by atoms with E-state index < -0.39 is 0 Å². The summed E-state index contributed by atoms with van der Waals surface area (Å²) in [5.74, 6) is 0.995. The van der Waals surface area contributed by atoms with Crippen LogP contribution in [0.5, 0.6) is 0 Å². The monoisotopic (exact) mass is 237 g/mol. The van der Waals surface area contributed by atoms with Crippen molar-refractivity contribution in [2.75, 3.05) is 24.6 Å². The molecule has 2 rings (SSSR count). The first-order chi connectivity index (χ1) is 8.24. The molecule has 92 valence electrons. The summed E-state index contributed by atoms with van der Waals surface area (Å²) >= 11 is 0. The summed E-state index contributed by atoms with van der Waals surface area (Å²) in [6.45, 7) is 1.85. The normalized spacial score (nSPS) is 20.9. The molecule has 0 spiro atoms. The Labute approximate surface area is 98.6 Å². The summed E-state index contributed by atoms with van der Waals surface area (Å²) in [6.07, 6.45) is 4.02. The van der Waals surface area contributed by atoms with E-state index in [1.807, 2.05) is 0 Å². The molecule has 1 aliphatic rings. The molecule has 1 atom stereocenters. The predicted octanol–water partition coefficient (Wildman–Crippen LogP) is -0.610. The number of anilines is 1. The second-order valence-corrected chi connectivity index (χ2v) is 4.03. The number of aromatic nitrogens is 2. The average molecular weight is 237 g/mol. The van der Waals surface area contributed by atoms with E-state index >= 15 is 0 Å². The fourth-order valence-electron chi connectivity index (χ4n) is 1.86. The van der Waals surface area contributed by atoms with Gasteiger partial charge in [0.25, 0.3) is 0 Å². The highest BCUT2D eigenvalue weighted by Gasteiger charge is 2.22. The van der Waals surface area contributed by atoms with Crippen LogP contribution in [0, 0.1) is 5.92 Å². The molecule has 1 unspecified atom stereocenters. The maximum atomic E-state index is 9.06. The summed E-state index contributed by atoms with van der Waals surface area (Å²) in [5, 5.41) is 20.4. The van der Waals surface area contributed by atoms with Gasteiger partial charge in [0, 0.05) is 25.6 Å². The number of nitrogens with two attached hydrogens (primary N) is 1. The molecule has 17 heavy (non-hydrogen) atoms. The first-order valence-electron chi connectivity index (χ1n) is 5.40. The Morgan fingerprint density at radius 2 is 2.35 bits per heavy atom. The van der Waals surface area contributed by atoms with Crippen LogP contribution in [-0.2, 0) is 0 Å². The number of nitrogens with zero attached hydrogens (tertiary/aromatic N) is 4. The van der Waals surface area contributed by atoms with Crippen molar-refractivity contribution in [2.45, 2.75) is 6.42 Å². The van der Waals surface area contributed by atoms with Gasteiger partial charge in [0.2, 0.25) is 0 Å². The Morgan fingerprint density at radius 1 is 1.53 bits per heavy atom. The number of aliphatic hydroxyl groups excluding tert-OH is 1. The van der Waals surface area contributed by atoms with Crippen molar-refractivity contribution in [2.24, 2.45) is 16.8 Å². The maximum Gasteiger partial charge on any atom is 0.190 e. The first kappa shape index (κ1) is 11.6. The van der Waals surface area contributed by atoms with Gasteiger partial charge in [0.1, 0.15) is 11.5 Å². The maximum absolute atomic E-state index is 9.06. The molecule has 1 aromatic heterocycles. The molecule has 1 aliphatic heterocycles.